The van der Waals surface area contributed by atoms with Gasteiger partial charge >= 0.3 is 0 Å². The van der Waals surface area contributed by atoms with Crippen molar-refractivity contribution in [1.82, 2.24) is 25.5 Å². The lowest BCUT2D eigenvalue weighted by atomic mass is 9.85. The van der Waals surface area contributed by atoms with Crippen molar-refractivity contribution in [2.24, 2.45) is 5.41 Å². The molecule has 3 heterocycles. The maximum absolute atomic E-state index is 13.5. The minimum Gasteiger partial charge on any atom is -0.391 e. The Hall–Kier alpha value is -2.45. The predicted octanol–water partition coefficient (Wildman–Crippen LogP) is 1.21. The molecule has 0 aromatic carbocycles. The Morgan fingerprint density at radius 2 is 2.13 bits per heavy atom. The first kappa shape index (κ1) is 22.2. The fourth-order valence-electron chi connectivity index (χ4n) is 4.00. The third-order valence-electron chi connectivity index (χ3n) is 5.89. The lowest BCUT2D eigenvalue weighted by Gasteiger charge is -2.36. The van der Waals surface area contributed by atoms with Crippen LogP contribution in [0.4, 0.5) is 0 Å². The molecule has 1 unspecified atom stereocenters. The minimum atomic E-state index is -0.682. The number of nitrogens with zero attached hydrogens (tertiary/aromatic N) is 2. The molecule has 4 N–H and O–H groups in total. The van der Waals surface area contributed by atoms with Gasteiger partial charge in [-0.05, 0) is 49.9 Å². The summed E-state index contributed by atoms with van der Waals surface area (Å²) in [6.45, 7) is 7.84. The third-order valence-corrected chi connectivity index (χ3v) is 5.89. The number of aliphatic hydroxyl groups excluding tert-OH is 1. The Kier molecular flexibility index (Phi) is 6.47. The highest BCUT2D eigenvalue weighted by Gasteiger charge is 2.42. The third kappa shape index (κ3) is 4.65. The van der Waals surface area contributed by atoms with Gasteiger partial charge in [-0.15, -0.1) is 0 Å². The van der Waals surface area contributed by atoms with E-state index in [2.05, 4.69) is 20.6 Å². The molecule has 1 aliphatic heterocycles. The zero-order valence-corrected chi connectivity index (χ0v) is 18.4. The zero-order chi connectivity index (χ0) is 22.1. The summed E-state index contributed by atoms with van der Waals surface area (Å²) >= 11 is 0. The van der Waals surface area contributed by atoms with Crippen LogP contribution < -0.4 is 10.6 Å². The molecule has 2 aromatic heterocycles. The van der Waals surface area contributed by atoms with Crippen molar-refractivity contribution >= 4 is 22.8 Å². The number of carbonyl (C=O) groups is 2. The van der Waals surface area contributed by atoms with Gasteiger partial charge in [0.15, 0.2) is 0 Å². The summed E-state index contributed by atoms with van der Waals surface area (Å²) < 4.78 is 0. The van der Waals surface area contributed by atoms with E-state index in [9.17, 15) is 14.7 Å². The van der Waals surface area contributed by atoms with Gasteiger partial charge < -0.3 is 25.6 Å². The van der Waals surface area contributed by atoms with Crippen LogP contribution in [0, 0.1) is 5.41 Å². The molecule has 0 bridgehead atoms. The highest BCUT2D eigenvalue weighted by Crippen LogP contribution is 2.29. The van der Waals surface area contributed by atoms with Crippen LogP contribution in [0.1, 0.15) is 39.7 Å². The molecule has 2 amide bonds. The molecule has 30 heavy (non-hydrogen) atoms. The summed E-state index contributed by atoms with van der Waals surface area (Å²) in [6.07, 6.45) is 4.21. The maximum atomic E-state index is 13.5. The number of aromatic amines is 1. The topological polar surface area (TPSA) is 110 Å². The van der Waals surface area contributed by atoms with Gasteiger partial charge in [-0.3, -0.25) is 9.59 Å². The van der Waals surface area contributed by atoms with Crippen molar-refractivity contribution in [2.45, 2.75) is 64.8 Å². The Morgan fingerprint density at radius 3 is 2.80 bits per heavy atom. The first-order valence-corrected chi connectivity index (χ1v) is 10.5. The van der Waals surface area contributed by atoms with E-state index < -0.39 is 23.6 Å². The number of H-pyrrole nitrogens is 1. The summed E-state index contributed by atoms with van der Waals surface area (Å²) in [5.41, 5.74) is 1.41. The van der Waals surface area contributed by atoms with Gasteiger partial charge in [-0.2, -0.15) is 0 Å². The fourth-order valence-corrected chi connectivity index (χ4v) is 4.00. The molecule has 4 atom stereocenters. The number of carbonyl (C=O) groups excluding carboxylic acids is 2. The molecule has 1 aliphatic rings. The quantitative estimate of drug-likeness (QED) is 0.567. The lowest BCUT2D eigenvalue weighted by molar-refractivity contribution is -0.140. The normalized spacial score (nSPS) is 21.6. The average molecular weight is 416 g/mol. The fraction of sp³-hybridized carbons (Fsp3) is 0.591. The molecular weight excluding hydrogens is 382 g/mol. The average Bonchev–Trinajstić information content (AvgIpc) is 3.27. The number of nitrogens with one attached hydrogen (secondary N) is 3. The van der Waals surface area contributed by atoms with Crippen molar-refractivity contribution in [2.75, 3.05) is 13.6 Å². The molecule has 8 nitrogen and oxygen atoms in total. The molecule has 1 saturated heterocycles. The number of fused-ring (bicyclic) bond motifs is 1. The van der Waals surface area contributed by atoms with E-state index in [1.807, 2.05) is 39.1 Å². The number of aliphatic hydroxyl groups is 1. The van der Waals surface area contributed by atoms with Crippen LogP contribution in [-0.2, 0) is 16.0 Å². The molecule has 2 aromatic rings. The molecule has 0 saturated carbocycles. The first-order chi connectivity index (χ1) is 14.1. The van der Waals surface area contributed by atoms with E-state index in [0.29, 0.717) is 12.8 Å². The highest BCUT2D eigenvalue weighted by molar-refractivity contribution is 5.90. The maximum Gasteiger partial charge on any atom is 0.246 e. The second kappa shape index (κ2) is 8.73. The van der Waals surface area contributed by atoms with Crippen molar-refractivity contribution in [3.63, 3.8) is 0 Å². The second-order valence-electron chi connectivity index (χ2n) is 9.27. The van der Waals surface area contributed by atoms with Crippen LogP contribution in [0.15, 0.2) is 24.5 Å². The van der Waals surface area contributed by atoms with Gasteiger partial charge in [-0.1, -0.05) is 20.8 Å². The number of aromatic nitrogens is 2. The summed E-state index contributed by atoms with van der Waals surface area (Å²) in [5, 5.41) is 17.2. The smallest absolute Gasteiger partial charge is 0.246 e. The summed E-state index contributed by atoms with van der Waals surface area (Å²) in [6, 6.07) is 2.66. The molecule has 3 rings (SSSR count). The van der Waals surface area contributed by atoms with Crippen LogP contribution in [0.25, 0.3) is 11.0 Å². The van der Waals surface area contributed by atoms with E-state index in [1.165, 1.54) is 0 Å². The Labute approximate surface area is 177 Å². The largest absolute Gasteiger partial charge is 0.391 e. The van der Waals surface area contributed by atoms with E-state index in [1.54, 1.807) is 25.1 Å². The van der Waals surface area contributed by atoms with Crippen LogP contribution >= 0.6 is 0 Å². The Bertz CT molecular complexity index is 904. The van der Waals surface area contributed by atoms with Gasteiger partial charge in [0.1, 0.15) is 11.7 Å². The SMILES string of the molecule is CN[C@@H](C)C(=O)N[C@H](C(=O)N1CC(O)C[C@@H]1Cc1c[nH]c2ncccc12)C(C)(C)C. The van der Waals surface area contributed by atoms with Crippen molar-refractivity contribution in [3.8, 4) is 0 Å². The summed E-state index contributed by atoms with van der Waals surface area (Å²) in [7, 11) is 1.71. The molecule has 8 heteroatoms. The minimum absolute atomic E-state index is 0.143. The van der Waals surface area contributed by atoms with Crippen LogP contribution in [0.3, 0.4) is 0 Å². The van der Waals surface area contributed by atoms with E-state index >= 15 is 0 Å². The van der Waals surface area contributed by atoms with Gasteiger partial charge in [0.25, 0.3) is 0 Å². The molecule has 164 valence electrons. The number of pyridine rings is 1. The van der Waals surface area contributed by atoms with Gasteiger partial charge in [0.2, 0.25) is 11.8 Å². The highest BCUT2D eigenvalue weighted by atomic mass is 16.3. The standard InChI is InChI=1S/C22H33N5O3/c1-13(23-5)20(29)26-18(22(2,3)4)21(30)27-12-16(28)10-15(27)9-14-11-25-19-17(14)7-6-8-24-19/h6-8,11,13,15-16,18,23,28H,9-10,12H2,1-5H3,(H,24,25)(H,26,29)/t13-,15-,16?,18+/m0/s1. The molecular formula is C22H33N5O3. The second-order valence-corrected chi connectivity index (χ2v) is 9.27. The number of hydrogen-bond donors (Lipinski definition) is 4. The van der Waals surface area contributed by atoms with Crippen LogP contribution in [0.5, 0.6) is 0 Å². The molecule has 0 radical (unpaired) electrons. The van der Waals surface area contributed by atoms with Crippen LogP contribution in [0.2, 0.25) is 0 Å². The number of β-amino-alcohol motifs (C(OH)–C–C–N with tert-alkyl or cyclic N) is 1. The number of likely N-dealkylation sites (N-methyl/N-ethyl adjacent to an activating group) is 1. The number of amides is 2. The Morgan fingerprint density at radius 1 is 1.40 bits per heavy atom. The molecule has 1 fully saturated rings. The van der Waals surface area contributed by atoms with E-state index in [-0.39, 0.29) is 24.4 Å². The van der Waals surface area contributed by atoms with Crippen molar-refractivity contribution < 1.29 is 14.7 Å². The van der Waals surface area contributed by atoms with Gasteiger partial charge in [-0.25, -0.2) is 4.98 Å². The van der Waals surface area contributed by atoms with Crippen molar-refractivity contribution in [1.29, 1.82) is 0 Å². The Balaban J connectivity index is 1.83. The van der Waals surface area contributed by atoms with Gasteiger partial charge in [0, 0.05) is 30.4 Å². The number of likely N-dealkylation sites (tertiary alicyclic amines) is 1. The number of rotatable bonds is 6. The summed E-state index contributed by atoms with van der Waals surface area (Å²) in [5.74, 6) is -0.372. The van der Waals surface area contributed by atoms with Gasteiger partial charge in [0.05, 0.1) is 12.1 Å². The first-order valence-electron chi connectivity index (χ1n) is 10.5. The zero-order valence-electron chi connectivity index (χ0n) is 18.4. The predicted molar refractivity (Wildman–Crippen MR) is 116 cm³/mol. The monoisotopic (exact) mass is 415 g/mol. The number of hydrogen-bond acceptors (Lipinski definition) is 5. The lowest BCUT2D eigenvalue weighted by Crippen LogP contribution is -2.58. The molecule has 0 aliphatic carbocycles. The van der Waals surface area contributed by atoms with E-state index in [0.717, 1.165) is 16.6 Å². The van der Waals surface area contributed by atoms with Crippen LogP contribution in [-0.4, -0.2) is 69.6 Å². The van der Waals surface area contributed by atoms with E-state index in [4.69, 9.17) is 0 Å². The summed E-state index contributed by atoms with van der Waals surface area (Å²) in [4.78, 5) is 35.3. The van der Waals surface area contributed by atoms with Crippen molar-refractivity contribution in [3.05, 3.63) is 30.1 Å². The molecule has 0 spiro atoms.